The molecule has 114 valence electrons. The van der Waals surface area contributed by atoms with Crippen molar-refractivity contribution in [3.63, 3.8) is 0 Å². The number of aliphatic hydroxyl groups is 1. The van der Waals surface area contributed by atoms with Crippen molar-refractivity contribution in [2.75, 3.05) is 26.3 Å². The van der Waals surface area contributed by atoms with E-state index in [0.717, 1.165) is 6.42 Å². The van der Waals surface area contributed by atoms with E-state index in [1.165, 1.54) is 4.31 Å². The SMILES string of the molecule is CCCOc1ccc(S(=O)(=O)N(CCC)CCO)cc1. The van der Waals surface area contributed by atoms with Gasteiger partial charge in [0.15, 0.2) is 0 Å². The van der Waals surface area contributed by atoms with Crippen molar-refractivity contribution in [2.24, 2.45) is 0 Å². The van der Waals surface area contributed by atoms with Gasteiger partial charge in [-0.15, -0.1) is 0 Å². The minimum Gasteiger partial charge on any atom is -0.494 e. The predicted octanol–water partition coefficient (Wildman–Crippen LogP) is 1.87. The summed E-state index contributed by atoms with van der Waals surface area (Å²) in [4.78, 5) is 0.225. The van der Waals surface area contributed by atoms with E-state index in [9.17, 15) is 8.42 Å². The van der Waals surface area contributed by atoms with E-state index < -0.39 is 10.0 Å². The Morgan fingerprint density at radius 2 is 1.75 bits per heavy atom. The summed E-state index contributed by atoms with van der Waals surface area (Å²) in [6.07, 6.45) is 1.61. The number of benzene rings is 1. The standard InChI is InChI=1S/C14H23NO4S/c1-3-9-15(10-11-16)20(17,18)14-7-5-13(6-8-14)19-12-4-2/h5-8,16H,3-4,9-12H2,1-2H3. The first kappa shape index (κ1) is 16.9. The molecule has 0 aliphatic carbocycles. The van der Waals surface area contributed by atoms with Gasteiger partial charge in [0, 0.05) is 13.1 Å². The average Bonchev–Trinajstić information content (AvgIpc) is 2.45. The second-order valence-corrected chi connectivity index (χ2v) is 6.39. The summed E-state index contributed by atoms with van der Waals surface area (Å²) in [5.74, 6) is 0.662. The summed E-state index contributed by atoms with van der Waals surface area (Å²) in [5.41, 5.74) is 0. The van der Waals surface area contributed by atoms with Gasteiger partial charge in [0.25, 0.3) is 0 Å². The zero-order chi connectivity index (χ0) is 15.0. The van der Waals surface area contributed by atoms with Crippen LogP contribution in [0.3, 0.4) is 0 Å². The molecule has 0 aliphatic heterocycles. The Hall–Kier alpha value is -1.11. The molecule has 0 bridgehead atoms. The summed E-state index contributed by atoms with van der Waals surface area (Å²) >= 11 is 0. The fraction of sp³-hybridized carbons (Fsp3) is 0.571. The molecule has 0 aliphatic rings. The smallest absolute Gasteiger partial charge is 0.243 e. The Balaban J connectivity index is 2.90. The second-order valence-electron chi connectivity index (χ2n) is 4.45. The van der Waals surface area contributed by atoms with Crippen LogP contribution in [0.5, 0.6) is 5.75 Å². The number of sulfonamides is 1. The maximum absolute atomic E-state index is 12.4. The first-order valence-corrected chi connectivity index (χ1v) is 8.34. The van der Waals surface area contributed by atoms with Gasteiger partial charge in [-0.25, -0.2) is 8.42 Å². The fourth-order valence-corrected chi connectivity index (χ4v) is 3.31. The van der Waals surface area contributed by atoms with Crippen molar-refractivity contribution >= 4 is 10.0 Å². The van der Waals surface area contributed by atoms with Crippen molar-refractivity contribution in [1.29, 1.82) is 0 Å². The Labute approximate surface area is 121 Å². The highest BCUT2D eigenvalue weighted by molar-refractivity contribution is 7.89. The maximum atomic E-state index is 12.4. The lowest BCUT2D eigenvalue weighted by Crippen LogP contribution is -2.34. The average molecular weight is 301 g/mol. The van der Waals surface area contributed by atoms with E-state index >= 15 is 0 Å². The van der Waals surface area contributed by atoms with Gasteiger partial charge in [-0.1, -0.05) is 13.8 Å². The molecule has 1 aromatic rings. The highest BCUT2D eigenvalue weighted by Crippen LogP contribution is 2.19. The molecule has 1 rings (SSSR count). The van der Waals surface area contributed by atoms with Crippen LogP contribution in [0.1, 0.15) is 26.7 Å². The van der Waals surface area contributed by atoms with Gasteiger partial charge >= 0.3 is 0 Å². The van der Waals surface area contributed by atoms with Crippen LogP contribution in [0.25, 0.3) is 0 Å². The first-order chi connectivity index (χ1) is 9.56. The van der Waals surface area contributed by atoms with Crippen LogP contribution >= 0.6 is 0 Å². The summed E-state index contributed by atoms with van der Waals surface area (Å²) in [6, 6.07) is 6.40. The topological polar surface area (TPSA) is 66.8 Å². The van der Waals surface area contributed by atoms with E-state index in [1.807, 2.05) is 13.8 Å². The number of hydrogen-bond donors (Lipinski definition) is 1. The van der Waals surface area contributed by atoms with Gasteiger partial charge in [0.2, 0.25) is 10.0 Å². The van der Waals surface area contributed by atoms with Gasteiger partial charge in [0.05, 0.1) is 18.1 Å². The van der Waals surface area contributed by atoms with Crippen molar-refractivity contribution in [3.05, 3.63) is 24.3 Å². The molecule has 0 heterocycles. The lowest BCUT2D eigenvalue weighted by atomic mass is 10.3. The zero-order valence-electron chi connectivity index (χ0n) is 12.1. The van der Waals surface area contributed by atoms with Crippen LogP contribution in [-0.4, -0.2) is 44.1 Å². The van der Waals surface area contributed by atoms with Gasteiger partial charge in [-0.3, -0.25) is 0 Å². The molecule has 20 heavy (non-hydrogen) atoms. The third kappa shape index (κ3) is 4.47. The second kappa shape index (κ2) is 8.24. The van der Waals surface area contributed by atoms with E-state index in [1.54, 1.807) is 24.3 Å². The van der Waals surface area contributed by atoms with E-state index in [0.29, 0.717) is 25.3 Å². The largest absolute Gasteiger partial charge is 0.494 e. The minimum absolute atomic E-state index is 0.115. The molecule has 0 saturated carbocycles. The maximum Gasteiger partial charge on any atom is 0.243 e. The molecule has 0 fully saturated rings. The third-order valence-electron chi connectivity index (χ3n) is 2.76. The molecule has 1 aromatic carbocycles. The van der Waals surface area contributed by atoms with Crippen LogP contribution in [0.4, 0.5) is 0 Å². The molecule has 0 amide bonds. The number of hydrogen-bond acceptors (Lipinski definition) is 4. The van der Waals surface area contributed by atoms with Crippen LogP contribution in [-0.2, 0) is 10.0 Å². The normalized spacial score (nSPS) is 11.8. The molecule has 0 aromatic heterocycles. The molecule has 0 radical (unpaired) electrons. The van der Waals surface area contributed by atoms with Crippen molar-refractivity contribution < 1.29 is 18.3 Å². The van der Waals surface area contributed by atoms with Gasteiger partial charge in [-0.2, -0.15) is 4.31 Å². The van der Waals surface area contributed by atoms with Crippen molar-refractivity contribution in [3.8, 4) is 5.75 Å². The molecular formula is C14H23NO4S. The lowest BCUT2D eigenvalue weighted by molar-refractivity contribution is 0.253. The molecule has 0 spiro atoms. The Bertz CT molecular complexity index is 478. The Morgan fingerprint density at radius 1 is 1.10 bits per heavy atom. The summed E-state index contributed by atoms with van der Waals surface area (Å²) in [6.45, 7) is 4.86. The molecular weight excluding hydrogens is 278 g/mol. The quantitative estimate of drug-likeness (QED) is 0.756. The Morgan fingerprint density at radius 3 is 2.25 bits per heavy atom. The van der Waals surface area contributed by atoms with Crippen molar-refractivity contribution in [2.45, 2.75) is 31.6 Å². The molecule has 5 nitrogen and oxygen atoms in total. The number of ether oxygens (including phenoxy) is 1. The number of aliphatic hydroxyl groups excluding tert-OH is 1. The predicted molar refractivity (Wildman–Crippen MR) is 78.4 cm³/mol. The molecule has 6 heteroatoms. The van der Waals surface area contributed by atoms with E-state index in [2.05, 4.69) is 0 Å². The highest BCUT2D eigenvalue weighted by atomic mass is 32.2. The summed E-state index contributed by atoms with van der Waals surface area (Å²) < 4.78 is 31.6. The molecule has 0 unspecified atom stereocenters. The van der Waals surface area contributed by atoms with Gasteiger partial charge < -0.3 is 9.84 Å². The van der Waals surface area contributed by atoms with Crippen LogP contribution < -0.4 is 4.74 Å². The Kier molecular flexibility index (Phi) is 6.98. The third-order valence-corrected chi connectivity index (χ3v) is 4.67. The van der Waals surface area contributed by atoms with E-state index in [-0.39, 0.29) is 18.0 Å². The van der Waals surface area contributed by atoms with Crippen molar-refractivity contribution in [1.82, 2.24) is 4.31 Å². The fourth-order valence-electron chi connectivity index (χ4n) is 1.79. The number of rotatable bonds is 9. The minimum atomic E-state index is -3.54. The van der Waals surface area contributed by atoms with Gasteiger partial charge in [-0.05, 0) is 37.1 Å². The molecule has 1 N–H and O–H groups in total. The van der Waals surface area contributed by atoms with Crippen LogP contribution in [0, 0.1) is 0 Å². The zero-order valence-corrected chi connectivity index (χ0v) is 12.9. The summed E-state index contributed by atoms with van der Waals surface area (Å²) in [7, 11) is -3.54. The lowest BCUT2D eigenvalue weighted by Gasteiger charge is -2.20. The van der Waals surface area contributed by atoms with Crippen LogP contribution in [0.2, 0.25) is 0 Å². The van der Waals surface area contributed by atoms with E-state index in [4.69, 9.17) is 9.84 Å². The number of nitrogens with zero attached hydrogens (tertiary/aromatic N) is 1. The molecule has 0 saturated heterocycles. The van der Waals surface area contributed by atoms with Gasteiger partial charge in [0.1, 0.15) is 5.75 Å². The molecule has 0 atom stereocenters. The highest BCUT2D eigenvalue weighted by Gasteiger charge is 2.23. The monoisotopic (exact) mass is 301 g/mol. The first-order valence-electron chi connectivity index (χ1n) is 6.90. The van der Waals surface area contributed by atoms with Crippen LogP contribution in [0.15, 0.2) is 29.2 Å². The summed E-state index contributed by atoms with van der Waals surface area (Å²) in [5, 5.41) is 8.99.